The van der Waals surface area contributed by atoms with Gasteiger partial charge in [0.2, 0.25) is 0 Å². The molecule has 2 heteroatoms. The fourth-order valence-corrected chi connectivity index (χ4v) is 2.14. The van der Waals surface area contributed by atoms with E-state index in [1.807, 2.05) is 6.33 Å². The SMILES string of the molecule is CC(C)C1CCCc2[nH]cnc21. The van der Waals surface area contributed by atoms with Gasteiger partial charge in [0.15, 0.2) is 0 Å². The number of nitrogens with one attached hydrogen (secondary N) is 1. The number of aryl methyl sites for hydroxylation is 1. The van der Waals surface area contributed by atoms with Crippen LogP contribution in [0.1, 0.15) is 44.0 Å². The van der Waals surface area contributed by atoms with E-state index in [4.69, 9.17) is 0 Å². The maximum absolute atomic E-state index is 4.40. The first-order valence-corrected chi connectivity index (χ1v) is 4.81. The Morgan fingerprint density at radius 1 is 1.58 bits per heavy atom. The van der Waals surface area contributed by atoms with Crippen LogP contribution < -0.4 is 0 Å². The molecule has 1 aliphatic rings. The minimum Gasteiger partial charge on any atom is -0.348 e. The highest BCUT2D eigenvalue weighted by Crippen LogP contribution is 2.34. The van der Waals surface area contributed by atoms with E-state index in [0.29, 0.717) is 5.92 Å². The molecule has 0 amide bonds. The van der Waals surface area contributed by atoms with Crippen molar-refractivity contribution in [2.45, 2.75) is 39.0 Å². The molecule has 1 aliphatic carbocycles. The summed E-state index contributed by atoms with van der Waals surface area (Å²) in [4.78, 5) is 7.64. The fourth-order valence-electron chi connectivity index (χ4n) is 2.14. The largest absolute Gasteiger partial charge is 0.348 e. The lowest BCUT2D eigenvalue weighted by Crippen LogP contribution is -2.14. The lowest BCUT2D eigenvalue weighted by Gasteiger charge is -2.24. The summed E-state index contributed by atoms with van der Waals surface area (Å²) in [5, 5.41) is 0. The van der Waals surface area contributed by atoms with Gasteiger partial charge < -0.3 is 4.98 Å². The Balaban J connectivity index is 2.31. The Kier molecular flexibility index (Phi) is 1.91. The monoisotopic (exact) mass is 164 g/mol. The van der Waals surface area contributed by atoms with E-state index < -0.39 is 0 Å². The molecule has 0 spiro atoms. The van der Waals surface area contributed by atoms with Crippen molar-refractivity contribution in [3.63, 3.8) is 0 Å². The number of rotatable bonds is 1. The third-order valence-electron chi connectivity index (χ3n) is 2.85. The van der Waals surface area contributed by atoms with E-state index in [1.54, 1.807) is 0 Å². The summed E-state index contributed by atoms with van der Waals surface area (Å²) in [7, 11) is 0. The standard InChI is InChI=1S/C10H16N2/c1-7(2)8-4-3-5-9-10(8)12-6-11-9/h6-8H,3-5H2,1-2H3,(H,11,12). The van der Waals surface area contributed by atoms with Crippen molar-refractivity contribution in [3.8, 4) is 0 Å². The van der Waals surface area contributed by atoms with Gasteiger partial charge in [0.1, 0.15) is 0 Å². The molecular formula is C10H16N2. The highest BCUT2D eigenvalue weighted by atomic mass is 14.9. The van der Waals surface area contributed by atoms with E-state index in [9.17, 15) is 0 Å². The van der Waals surface area contributed by atoms with Crippen molar-refractivity contribution in [2.24, 2.45) is 5.92 Å². The lowest BCUT2D eigenvalue weighted by molar-refractivity contribution is 0.424. The van der Waals surface area contributed by atoms with Gasteiger partial charge in [-0.2, -0.15) is 0 Å². The number of hydrogen-bond donors (Lipinski definition) is 1. The molecule has 0 aromatic carbocycles. The van der Waals surface area contributed by atoms with Crippen LogP contribution in [0.25, 0.3) is 0 Å². The van der Waals surface area contributed by atoms with E-state index in [1.165, 1.54) is 30.7 Å². The third kappa shape index (κ3) is 1.15. The predicted molar refractivity (Wildman–Crippen MR) is 49.1 cm³/mol. The van der Waals surface area contributed by atoms with Gasteiger partial charge in [0.25, 0.3) is 0 Å². The van der Waals surface area contributed by atoms with Crippen molar-refractivity contribution in [1.82, 2.24) is 9.97 Å². The summed E-state index contributed by atoms with van der Waals surface area (Å²) in [5.74, 6) is 1.42. The van der Waals surface area contributed by atoms with Crippen molar-refractivity contribution < 1.29 is 0 Å². The third-order valence-corrected chi connectivity index (χ3v) is 2.85. The minimum absolute atomic E-state index is 0.694. The second kappa shape index (κ2) is 2.92. The lowest BCUT2D eigenvalue weighted by atomic mass is 9.82. The van der Waals surface area contributed by atoms with Crippen LogP contribution in [0.3, 0.4) is 0 Å². The van der Waals surface area contributed by atoms with Gasteiger partial charge in [0.05, 0.1) is 12.0 Å². The van der Waals surface area contributed by atoms with Crippen molar-refractivity contribution in [3.05, 3.63) is 17.7 Å². The fraction of sp³-hybridized carbons (Fsp3) is 0.700. The van der Waals surface area contributed by atoms with Crippen LogP contribution in [0.5, 0.6) is 0 Å². The van der Waals surface area contributed by atoms with E-state index >= 15 is 0 Å². The van der Waals surface area contributed by atoms with Crippen LogP contribution in [-0.4, -0.2) is 9.97 Å². The minimum atomic E-state index is 0.694. The van der Waals surface area contributed by atoms with Crippen LogP contribution >= 0.6 is 0 Å². The number of nitrogens with zero attached hydrogens (tertiary/aromatic N) is 1. The van der Waals surface area contributed by atoms with Gasteiger partial charge >= 0.3 is 0 Å². The summed E-state index contributed by atoms with van der Waals surface area (Å²) >= 11 is 0. The normalized spacial score (nSPS) is 22.8. The average molecular weight is 164 g/mol. The highest BCUT2D eigenvalue weighted by Gasteiger charge is 2.24. The van der Waals surface area contributed by atoms with Crippen LogP contribution in [0.15, 0.2) is 6.33 Å². The maximum Gasteiger partial charge on any atom is 0.0925 e. The Morgan fingerprint density at radius 2 is 2.42 bits per heavy atom. The number of aromatic nitrogens is 2. The Labute approximate surface area is 73.4 Å². The molecule has 0 aliphatic heterocycles. The zero-order valence-electron chi connectivity index (χ0n) is 7.80. The van der Waals surface area contributed by atoms with Crippen molar-refractivity contribution >= 4 is 0 Å². The first kappa shape index (κ1) is 7.84. The number of fused-ring (bicyclic) bond motifs is 1. The molecule has 0 saturated carbocycles. The summed E-state index contributed by atoms with van der Waals surface area (Å²) in [6.07, 6.45) is 5.66. The molecule has 1 heterocycles. The van der Waals surface area contributed by atoms with Crippen LogP contribution in [-0.2, 0) is 6.42 Å². The Bertz CT molecular complexity index is 263. The zero-order valence-corrected chi connectivity index (χ0v) is 7.80. The van der Waals surface area contributed by atoms with Crippen molar-refractivity contribution in [1.29, 1.82) is 0 Å². The molecule has 1 atom stereocenters. The number of H-pyrrole nitrogens is 1. The van der Waals surface area contributed by atoms with Gasteiger partial charge in [-0.25, -0.2) is 4.98 Å². The molecule has 0 fully saturated rings. The molecule has 0 radical (unpaired) electrons. The molecule has 1 N–H and O–H groups in total. The highest BCUT2D eigenvalue weighted by molar-refractivity contribution is 5.19. The second-order valence-electron chi connectivity index (χ2n) is 4.01. The number of aromatic amines is 1. The van der Waals surface area contributed by atoms with Gasteiger partial charge in [-0.3, -0.25) is 0 Å². The van der Waals surface area contributed by atoms with Gasteiger partial charge in [-0.15, -0.1) is 0 Å². The van der Waals surface area contributed by atoms with E-state index in [2.05, 4.69) is 23.8 Å². The Morgan fingerprint density at radius 3 is 3.17 bits per heavy atom. The molecule has 1 aromatic heterocycles. The smallest absolute Gasteiger partial charge is 0.0925 e. The number of hydrogen-bond acceptors (Lipinski definition) is 1. The van der Waals surface area contributed by atoms with Crippen LogP contribution in [0.2, 0.25) is 0 Å². The maximum atomic E-state index is 4.40. The predicted octanol–water partition coefficient (Wildman–Crippen LogP) is 2.49. The molecule has 1 unspecified atom stereocenters. The molecular weight excluding hydrogens is 148 g/mol. The number of imidazole rings is 1. The molecule has 12 heavy (non-hydrogen) atoms. The molecule has 1 aromatic rings. The molecule has 66 valence electrons. The van der Waals surface area contributed by atoms with Crippen LogP contribution in [0, 0.1) is 5.92 Å². The van der Waals surface area contributed by atoms with Gasteiger partial charge in [-0.1, -0.05) is 13.8 Å². The van der Waals surface area contributed by atoms with Crippen LogP contribution in [0.4, 0.5) is 0 Å². The summed E-state index contributed by atoms with van der Waals surface area (Å²) in [6.45, 7) is 4.57. The molecule has 2 rings (SSSR count). The van der Waals surface area contributed by atoms with E-state index in [0.717, 1.165) is 5.92 Å². The van der Waals surface area contributed by atoms with E-state index in [-0.39, 0.29) is 0 Å². The first-order valence-electron chi connectivity index (χ1n) is 4.81. The molecule has 0 saturated heterocycles. The molecule has 2 nitrogen and oxygen atoms in total. The summed E-state index contributed by atoms with van der Waals surface area (Å²) in [5.41, 5.74) is 2.70. The topological polar surface area (TPSA) is 28.7 Å². The van der Waals surface area contributed by atoms with Gasteiger partial charge in [-0.05, 0) is 25.2 Å². The Hall–Kier alpha value is -0.790. The zero-order chi connectivity index (χ0) is 8.55. The first-order chi connectivity index (χ1) is 5.79. The summed E-state index contributed by atoms with van der Waals surface area (Å²) in [6, 6.07) is 0. The average Bonchev–Trinajstić information content (AvgIpc) is 2.49. The van der Waals surface area contributed by atoms with Crippen molar-refractivity contribution in [2.75, 3.05) is 0 Å². The summed E-state index contributed by atoms with van der Waals surface area (Å²) < 4.78 is 0. The molecule has 0 bridgehead atoms. The van der Waals surface area contributed by atoms with Gasteiger partial charge in [0, 0.05) is 11.6 Å². The quantitative estimate of drug-likeness (QED) is 0.678. The second-order valence-corrected chi connectivity index (χ2v) is 4.01.